The number of Topliss-reactive ketones (excluding diaryl/α,β-unsaturated/α-hetero) is 1. The number of aliphatic carboxylic acids is 1. The van der Waals surface area contributed by atoms with Crippen molar-refractivity contribution in [1.29, 1.82) is 0 Å². The first kappa shape index (κ1) is 17.2. The first-order chi connectivity index (χ1) is 9.61. The van der Waals surface area contributed by atoms with Crippen LogP contribution in [0.5, 0.6) is 5.75 Å². The summed E-state index contributed by atoms with van der Waals surface area (Å²) >= 11 is 0. The number of carboxylic acids is 1. The van der Waals surface area contributed by atoms with E-state index >= 15 is 0 Å². The molecule has 0 aromatic heterocycles. The van der Waals surface area contributed by atoms with E-state index in [1.165, 1.54) is 0 Å². The molecule has 0 heterocycles. The van der Waals surface area contributed by atoms with Gasteiger partial charge in [0.2, 0.25) is 0 Å². The Kier molecular flexibility index (Phi) is 5.53. The lowest BCUT2D eigenvalue weighted by atomic mass is 9.84. The van der Waals surface area contributed by atoms with E-state index in [0.717, 1.165) is 11.3 Å². The van der Waals surface area contributed by atoms with Crippen LogP contribution in [0.25, 0.3) is 0 Å². The molecule has 0 unspecified atom stereocenters. The molecule has 21 heavy (non-hydrogen) atoms. The molecule has 0 fully saturated rings. The number of rotatable bonds is 6. The molecule has 0 saturated carbocycles. The quantitative estimate of drug-likeness (QED) is 0.810. The normalized spacial score (nSPS) is 11.5. The Morgan fingerprint density at radius 1 is 1.19 bits per heavy atom. The number of ketones is 1. The number of carbonyl (C=O) groups is 2. The molecule has 1 rings (SSSR count). The summed E-state index contributed by atoms with van der Waals surface area (Å²) in [5.41, 5.74) is 1.34. The molecule has 1 N–H and O–H groups in total. The van der Waals surface area contributed by atoms with Gasteiger partial charge in [-0.2, -0.15) is 0 Å². The summed E-state index contributed by atoms with van der Waals surface area (Å²) in [5, 5.41) is 8.66. The van der Waals surface area contributed by atoms with E-state index in [2.05, 4.69) is 20.8 Å². The van der Waals surface area contributed by atoms with Gasteiger partial charge >= 0.3 is 5.97 Å². The second kappa shape index (κ2) is 6.74. The Morgan fingerprint density at radius 2 is 1.81 bits per heavy atom. The summed E-state index contributed by atoms with van der Waals surface area (Å²) in [5.74, 6) is -0.342. The summed E-state index contributed by atoms with van der Waals surface area (Å²) in [6.45, 7) is 10.1. The minimum Gasteiger partial charge on any atom is -0.491 e. The van der Waals surface area contributed by atoms with Gasteiger partial charge in [0.25, 0.3) is 0 Å². The standard InChI is InChI=1S/C17H24O4/c1-11(2)21-15-8-6-12(10-13(15)17(3,4)5)14(18)7-9-16(19)20/h6,8,10-11H,7,9H2,1-5H3,(H,19,20). The SMILES string of the molecule is CC(C)Oc1ccc(C(=O)CCC(=O)O)cc1C(C)(C)C. The molecule has 0 amide bonds. The highest BCUT2D eigenvalue weighted by atomic mass is 16.5. The zero-order valence-corrected chi connectivity index (χ0v) is 13.4. The van der Waals surface area contributed by atoms with Gasteiger partial charge in [-0.1, -0.05) is 20.8 Å². The highest BCUT2D eigenvalue weighted by Gasteiger charge is 2.21. The molecule has 0 bridgehead atoms. The predicted molar refractivity (Wildman–Crippen MR) is 82.1 cm³/mol. The zero-order valence-electron chi connectivity index (χ0n) is 13.4. The molecule has 0 spiro atoms. The maximum absolute atomic E-state index is 12.1. The van der Waals surface area contributed by atoms with Crippen LogP contribution < -0.4 is 4.74 Å². The summed E-state index contributed by atoms with van der Waals surface area (Å²) in [6.07, 6.45) is -0.0725. The minimum atomic E-state index is -0.959. The molecule has 116 valence electrons. The van der Waals surface area contributed by atoms with Gasteiger partial charge in [-0.05, 0) is 37.5 Å². The molecular formula is C17H24O4. The van der Waals surface area contributed by atoms with Crippen LogP contribution in [0.15, 0.2) is 18.2 Å². The lowest BCUT2D eigenvalue weighted by Gasteiger charge is -2.24. The van der Waals surface area contributed by atoms with Crippen molar-refractivity contribution < 1.29 is 19.4 Å². The smallest absolute Gasteiger partial charge is 0.303 e. The van der Waals surface area contributed by atoms with Crippen LogP contribution in [0.2, 0.25) is 0 Å². The fourth-order valence-corrected chi connectivity index (χ4v) is 2.01. The maximum Gasteiger partial charge on any atom is 0.303 e. The summed E-state index contributed by atoms with van der Waals surface area (Å²) in [6, 6.07) is 5.33. The zero-order chi connectivity index (χ0) is 16.2. The van der Waals surface area contributed by atoms with Crippen LogP contribution >= 0.6 is 0 Å². The molecule has 1 aromatic rings. The van der Waals surface area contributed by atoms with Gasteiger partial charge in [0, 0.05) is 17.5 Å². The highest BCUT2D eigenvalue weighted by molar-refractivity contribution is 5.97. The molecular weight excluding hydrogens is 268 g/mol. The second-order valence-corrected chi connectivity index (χ2v) is 6.44. The molecule has 0 saturated heterocycles. The van der Waals surface area contributed by atoms with Crippen LogP contribution in [-0.2, 0) is 10.2 Å². The Balaban J connectivity index is 3.09. The molecule has 1 aromatic carbocycles. The maximum atomic E-state index is 12.1. The van der Waals surface area contributed by atoms with Crippen molar-refractivity contribution in [3.05, 3.63) is 29.3 Å². The molecule has 0 aliphatic heterocycles. The van der Waals surface area contributed by atoms with E-state index in [4.69, 9.17) is 9.84 Å². The van der Waals surface area contributed by atoms with Crippen molar-refractivity contribution in [2.75, 3.05) is 0 Å². The van der Waals surface area contributed by atoms with Gasteiger partial charge in [-0.15, -0.1) is 0 Å². The molecule has 4 heteroatoms. The van der Waals surface area contributed by atoms with Crippen molar-refractivity contribution in [3.8, 4) is 5.75 Å². The van der Waals surface area contributed by atoms with E-state index in [1.54, 1.807) is 12.1 Å². The topological polar surface area (TPSA) is 63.6 Å². The van der Waals surface area contributed by atoms with Gasteiger partial charge in [0.05, 0.1) is 12.5 Å². The molecule has 4 nitrogen and oxygen atoms in total. The Hall–Kier alpha value is -1.84. The fraction of sp³-hybridized carbons (Fsp3) is 0.529. The number of carboxylic acid groups (broad SMARTS) is 1. The van der Waals surface area contributed by atoms with E-state index in [1.807, 2.05) is 19.9 Å². The first-order valence-electron chi connectivity index (χ1n) is 7.17. The third kappa shape index (κ3) is 5.21. The van der Waals surface area contributed by atoms with Crippen LogP contribution in [-0.4, -0.2) is 23.0 Å². The summed E-state index contributed by atoms with van der Waals surface area (Å²) in [4.78, 5) is 22.6. The van der Waals surface area contributed by atoms with Gasteiger partial charge < -0.3 is 9.84 Å². The Morgan fingerprint density at radius 3 is 2.29 bits per heavy atom. The summed E-state index contributed by atoms with van der Waals surface area (Å²) < 4.78 is 5.80. The number of hydrogen-bond donors (Lipinski definition) is 1. The Labute approximate surface area is 126 Å². The average molecular weight is 292 g/mol. The van der Waals surface area contributed by atoms with E-state index in [-0.39, 0.29) is 30.1 Å². The van der Waals surface area contributed by atoms with Crippen LogP contribution in [0.4, 0.5) is 0 Å². The molecule has 0 atom stereocenters. The lowest BCUT2D eigenvalue weighted by Crippen LogP contribution is -2.17. The van der Waals surface area contributed by atoms with Crippen molar-refractivity contribution in [2.45, 2.75) is 59.0 Å². The van der Waals surface area contributed by atoms with Gasteiger partial charge in [0.15, 0.2) is 5.78 Å². The van der Waals surface area contributed by atoms with E-state index < -0.39 is 5.97 Å². The predicted octanol–water partition coefficient (Wildman–Crippen LogP) is 3.82. The van der Waals surface area contributed by atoms with Gasteiger partial charge in [0.1, 0.15) is 5.75 Å². The van der Waals surface area contributed by atoms with Crippen molar-refractivity contribution in [2.24, 2.45) is 0 Å². The molecule has 0 aliphatic carbocycles. The monoisotopic (exact) mass is 292 g/mol. The Bertz CT molecular complexity index is 524. The second-order valence-electron chi connectivity index (χ2n) is 6.44. The number of ether oxygens (including phenoxy) is 1. The molecule has 0 radical (unpaired) electrons. The largest absolute Gasteiger partial charge is 0.491 e. The fourth-order valence-electron chi connectivity index (χ4n) is 2.01. The highest BCUT2D eigenvalue weighted by Crippen LogP contribution is 2.33. The van der Waals surface area contributed by atoms with Crippen molar-refractivity contribution >= 4 is 11.8 Å². The third-order valence-corrected chi connectivity index (χ3v) is 3.04. The van der Waals surface area contributed by atoms with Crippen LogP contribution in [0, 0.1) is 0 Å². The molecule has 0 aliphatic rings. The van der Waals surface area contributed by atoms with E-state index in [9.17, 15) is 9.59 Å². The number of hydrogen-bond acceptors (Lipinski definition) is 3. The average Bonchev–Trinajstić information content (AvgIpc) is 2.34. The van der Waals surface area contributed by atoms with Crippen molar-refractivity contribution in [3.63, 3.8) is 0 Å². The van der Waals surface area contributed by atoms with E-state index in [0.29, 0.717) is 5.56 Å². The lowest BCUT2D eigenvalue weighted by molar-refractivity contribution is -0.136. The third-order valence-electron chi connectivity index (χ3n) is 3.04. The summed E-state index contributed by atoms with van der Waals surface area (Å²) in [7, 11) is 0. The van der Waals surface area contributed by atoms with Gasteiger partial charge in [-0.3, -0.25) is 9.59 Å². The first-order valence-corrected chi connectivity index (χ1v) is 7.17. The number of benzene rings is 1. The van der Waals surface area contributed by atoms with Crippen LogP contribution in [0.3, 0.4) is 0 Å². The van der Waals surface area contributed by atoms with Crippen LogP contribution in [0.1, 0.15) is 63.4 Å². The minimum absolute atomic E-state index is 0.0172. The number of carbonyl (C=O) groups excluding carboxylic acids is 1. The van der Waals surface area contributed by atoms with Gasteiger partial charge in [-0.25, -0.2) is 0 Å². The van der Waals surface area contributed by atoms with Crippen molar-refractivity contribution in [1.82, 2.24) is 0 Å².